The number of hydrogen-bond donors (Lipinski definition) is 2. The summed E-state index contributed by atoms with van der Waals surface area (Å²) in [5.74, 6) is -0.259. The Bertz CT molecular complexity index is 586. The zero-order chi connectivity index (χ0) is 15.2. The van der Waals surface area contributed by atoms with Gasteiger partial charge in [-0.05, 0) is 12.1 Å². The highest BCUT2D eigenvalue weighted by atomic mass is 35.5. The first kappa shape index (κ1) is 16.0. The van der Waals surface area contributed by atoms with Gasteiger partial charge in [0.05, 0.1) is 23.2 Å². The van der Waals surface area contributed by atoms with E-state index in [9.17, 15) is 4.39 Å². The minimum absolute atomic E-state index is 0.0917. The normalized spacial score (nSPS) is 10.9. The van der Waals surface area contributed by atoms with Gasteiger partial charge in [-0.3, -0.25) is 0 Å². The fourth-order valence-electron chi connectivity index (χ4n) is 1.50. The zero-order valence-electron chi connectivity index (χ0n) is 11.1. The van der Waals surface area contributed by atoms with Gasteiger partial charge >= 0.3 is 6.01 Å². The molecule has 0 saturated heterocycles. The first-order valence-corrected chi connectivity index (χ1v) is 6.79. The number of benzene rings is 1. The van der Waals surface area contributed by atoms with Gasteiger partial charge in [0.25, 0.3) is 0 Å². The highest BCUT2D eigenvalue weighted by molar-refractivity contribution is 6.35. The second-order valence-corrected chi connectivity index (χ2v) is 4.86. The highest BCUT2D eigenvalue weighted by Gasteiger charge is 2.10. The van der Waals surface area contributed by atoms with Crippen LogP contribution in [0.4, 0.5) is 16.1 Å². The van der Waals surface area contributed by atoms with Crippen LogP contribution < -0.4 is 10.6 Å². The molecular formula is C12H13Cl2FN4O2. The highest BCUT2D eigenvalue weighted by Crippen LogP contribution is 2.28. The summed E-state index contributed by atoms with van der Waals surface area (Å²) in [7, 11) is 1.62. The lowest BCUT2D eigenvalue weighted by Gasteiger charge is -2.04. The molecule has 0 spiro atoms. The van der Waals surface area contributed by atoms with Crippen LogP contribution in [-0.4, -0.2) is 30.5 Å². The SMILES string of the molecule is COCCNCc1nnc(Nc2cc(Cl)c(F)c(Cl)c2)o1. The van der Waals surface area contributed by atoms with Gasteiger partial charge in [-0.15, -0.1) is 5.10 Å². The Morgan fingerprint density at radius 3 is 2.67 bits per heavy atom. The Balaban J connectivity index is 1.96. The molecule has 2 rings (SSSR count). The van der Waals surface area contributed by atoms with Crippen LogP contribution in [0.15, 0.2) is 16.5 Å². The number of nitrogens with zero attached hydrogens (tertiary/aromatic N) is 2. The first-order chi connectivity index (χ1) is 10.1. The maximum absolute atomic E-state index is 13.3. The average Bonchev–Trinajstić information content (AvgIpc) is 2.88. The van der Waals surface area contributed by atoms with E-state index < -0.39 is 5.82 Å². The van der Waals surface area contributed by atoms with Crippen LogP contribution in [0.3, 0.4) is 0 Å². The molecule has 1 heterocycles. The van der Waals surface area contributed by atoms with Crippen LogP contribution in [0, 0.1) is 5.82 Å². The van der Waals surface area contributed by atoms with Gasteiger partial charge < -0.3 is 19.8 Å². The third-order valence-corrected chi connectivity index (χ3v) is 3.01. The summed E-state index contributed by atoms with van der Waals surface area (Å²) in [6.45, 7) is 1.68. The van der Waals surface area contributed by atoms with E-state index in [-0.39, 0.29) is 16.1 Å². The molecule has 0 fully saturated rings. The van der Waals surface area contributed by atoms with Crippen LogP contribution in [0.1, 0.15) is 5.89 Å². The van der Waals surface area contributed by atoms with Crippen molar-refractivity contribution in [2.24, 2.45) is 0 Å². The minimum atomic E-state index is -0.669. The predicted molar refractivity (Wildman–Crippen MR) is 77.6 cm³/mol. The Morgan fingerprint density at radius 2 is 2.00 bits per heavy atom. The van der Waals surface area contributed by atoms with E-state index in [0.717, 1.165) is 0 Å². The summed E-state index contributed by atoms with van der Waals surface area (Å²) < 4.78 is 23.6. The molecule has 0 amide bonds. The zero-order valence-corrected chi connectivity index (χ0v) is 12.6. The molecule has 0 radical (unpaired) electrons. The van der Waals surface area contributed by atoms with Crippen molar-refractivity contribution in [1.82, 2.24) is 15.5 Å². The second-order valence-electron chi connectivity index (χ2n) is 4.05. The van der Waals surface area contributed by atoms with E-state index in [1.807, 2.05) is 0 Å². The van der Waals surface area contributed by atoms with Crippen LogP contribution in [0.5, 0.6) is 0 Å². The standard InChI is InChI=1S/C12H13Cl2FN4O2/c1-20-3-2-16-6-10-18-19-12(21-10)17-7-4-8(13)11(15)9(14)5-7/h4-5,16H,2-3,6H2,1H3,(H,17,19). The molecule has 0 aliphatic heterocycles. The quantitative estimate of drug-likeness (QED) is 0.599. The van der Waals surface area contributed by atoms with Crippen LogP contribution in [0.25, 0.3) is 0 Å². The Kier molecular flexibility index (Phi) is 5.75. The van der Waals surface area contributed by atoms with E-state index in [0.29, 0.717) is 31.3 Å². The first-order valence-electron chi connectivity index (χ1n) is 6.03. The van der Waals surface area contributed by atoms with Gasteiger partial charge in [0.2, 0.25) is 5.89 Å². The maximum atomic E-state index is 13.3. The molecule has 1 aromatic carbocycles. The van der Waals surface area contributed by atoms with Crippen molar-refractivity contribution in [3.63, 3.8) is 0 Å². The lowest BCUT2D eigenvalue weighted by Crippen LogP contribution is -2.18. The molecule has 1 aromatic heterocycles. The minimum Gasteiger partial charge on any atom is -0.406 e. The number of nitrogens with one attached hydrogen (secondary N) is 2. The summed E-state index contributed by atoms with van der Waals surface area (Å²) in [4.78, 5) is 0. The molecule has 114 valence electrons. The van der Waals surface area contributed by atoms with Crippen LogP contribution in [-0.2, 0) is 11.3 Å². The Labute approximate surface area is 130 Å². The summed E-state index contributed by atoms with van der Waals surface area (Å²) >= 11 is 11.4. The van der Waals surface area contributed by atoms with E-state index in [1.165, 1.54) is 12.1 Å². The molecule has 0 saturated carbocycles. The van der Waals surface area contributed by atoms with Crippen LogP contribution in [0.2, 0.25) is 10.0 Å². The molecule has 0 aliphatic rings. The fraction of sp³-hybridized carbons (Fsp3) is 0.333. The lowest BCUT2D eigenvalue weighted by molar-refractivity contribution is 0.198. The predicted octanol–water partition coefficient (Wildman–Crippen LogP) is 3.00. The average molecular weight is 335 g/mol. The number of rotatable bonds is 7. The second kappa shape index (κ2) is 7.56. The topological polar surface area (TPSA) is 72.2 Å². The molecule has 0 atom stereocenters. The van der Waals surface area contributed by atoms with Gasteiger partial charge in [-0.1, -0.05) is 28.3 Å². The van der Waals surface area contributed by atoms with E-state index in [4.69, 9.17) is 32.4 Å². The van der Waals surface area contributed by atoms with Crippen molar-refractivity contribution < 1.29 is 13.5 Å². The molecule has 0 aliphatic carbocycles. The fourth-order valence-corrected chi connectivity index (χ4v) is 1.98. The van der Waals surface area contributed by atoms with Crippen molar-refractivity contribution in [1.29, 1.82) is 0 Å². The number of hydrogen-bond acceptors (Lipinski definition) is 6. The van der Waals surface area contributed by atoms with Gasteiger partial charge in [-0.25, -0.2) is 4.39 Å². The summed E-state index contributed by atoms with van der Waals surface area (Å²) in [6, 6.07) is 2.92. The summed E-state index contributed by atoms with van der Waals surface area (Å²) in [5.41, 5.74) is 0.453. The third-order valence-electron chi connectivity index (χ3n) is 2.46. The molecule has 0 unspecified atom stereocenters. The van der Waals surface area contributed by atoms with Crippen molar-refractivity contribution in [3.8, 4) is 0 Å². The van der Waals surface area contributed by atoms with E-state index in [1.54, 1.807) is 7.11 Å². The van der Waals surface area contributed by atoms with Crippen LogP contribution >= 0.6 is 23.2 Å². The van der Waals surface area contributed by atoms with Gasteiger partial charge in [-0.2, -0.15) is 0 Å². The molecule has 6 nitrogen and oxygen atoms in total. The molecular weight excluding hydrogens is 322 g/mol. The van der Waals surface area contributed by atoms with Crippen molar-refractivity contribution >= 4 is 34.9 Å². The van der Waals surface area contributed by atoms with E-state index >= 15 is 0 Å². The number of aromatic nitrogens is 2. The summed E-state index contributed by atoms with van der Waals surface area (Å²) in [6.07, 6.45) is 0. The third kappa shape index (κ3) is 4.53. The van der Waals surface area contributed by atoms with Gasteiger partial charge in [0.15, 0.2) is 5.82 Å². The van der Waals surface area contributed by atoms with Crippen molar-refractivity contribution in [3.05, 3.63) is 33.9 Å². The molecule has 9 heteroatoms. The summed E-state index contributed by atoms with van der Waals surface area (Å²) in [5, 5.41) is 13.4. The number of halogens is 3. The van der Waals surface area contributed by atoms with Gasteiger partial charge in [0.1, 0.15) is 0 Å². The largest absolute Gasteiger partial charge is 0.406 e. The monoisotopic (exact) mass is 334 g/mol. The Hall–Kier alpha value is -1.41. The number of ether oxygens (including phenoxy) is 1. The van der Waals surface area contributed by atoms with Gasteiger partial charge in [0, 0.05) is 19.3 Å². The van der Waals surface area contributed by atoms with Crippen molar-refractivity contribution in [2.45, 2.75) is 6.54 Å². The molecule has 2 aromatic rings. The van der Waals surface area contributed by atoms with Crippen molar-refractivity contribution in [2.75, 3.05) is 25.6 Å². The molecule has 0 bridgehead atoms. The lowest BCUT2D eigenvalue weighted by atomic mass is 10.3. The smallest absolute Gasteiger partial charge is 0.320 e. The molecule has 21 heavy (non-hydrogen) atoms. The number of anilines is 2. The molecule has 2 N–H and O–H groups in total. The van der Waals surface area contributed by atoms with E-state index in [2.05, 4.69) is 20.8 Å². The number of methoxy groups -OCH3 is 1. The maximum Gasteiger partial charge on any atom is 0.320 e. The Morgan fingerprint density at radius 1 is 1.29 bits per heavy atom.